The van der Waals surface area contributed by atoms with E-state index < -0.39 is 11.0 Å². The van der Waals surface area contributed by atoms with Gasteiger partial charge in [0.05, 0.1) is 23.6 Å². The molecule has 58 valence electrons. The zero-order valence-electron chi connectivity index (χ0n) is 6.33. The van der Waals surface area contributed by atoms with E-state index in [4.69, 9.17) is 5.26 Å². The van der Waals surface area contributed by atoms with E-state index in [0.717, 1.165) is 6.42 Å². The lowest BCUT2D eigenvalue weighted by Gasteiger charge is -2.09. The Morgan fingerprint density at radius 2 is 2.30 bits per heavy atom. The van der Waals surface area contributed by atoms with Crippen LogP contribution in [0.15, 0.2) is 0 Å². The quantitative estimate of drug-likeness (QED) is 0.563. The Morgan fingerprint density at radius 1 is 1.70 bits per heavy atom. The van der Waals surface area contributed by atoms with Crippen LogP contribution >= 0.6 is 0 Å². The second-order valence-corrected chi connectivity index (χ2v) is 3.64. The third kappa shape index (κ3) is 3.59. The van der Waals surface area contributed by atoms with Crippen LogP contribution in [0.2, 0.25) is 0 Å². The summed E-state index contributed by atoms with van der Waals surface area (Å²) in [6, 6.07) is 1.94. The molecule has 0 aliphatic heterocycles. The third-order valence-corrected chi connectivity index (χ3v) is 2.60. The Hall–Kier alpha value is -0.400. The Labute approximate surface area is 64.2 Å². The first kappa shape index (κ1) is 9.60. The molecule has 1 atom stereocenters. The van der Waals surface area contributed by atoms with Gasteiger partial charge in [-0.1, -0.05) is 6.92 Å². The Bertz CT molecular complexity index is 152. The lowest BCUT2D eigenvalue weighted by Crippen LogP contribution is -2.23. The fraction of sp³-hybridized carbons (Fsp3) is 0.833. The molecule has 0 amide bonds. The number of hydrogen-bond acceptors (Lipinski definition) is 2. The first-order chi connectivity index (χ1) is 4.72. The van der Waals surface area contributed by atoms with Gasteiger partial charge in [-0.2, -0.15) is 5.26 Å². The molecule has 0 aromatic carbocycles. The Balaban J connectivity index is 3.62. The van der Waals surface area contributed by atoms with Gasteiger partial charge in [0.1, 0.15) is 0 Å². The predicted octanol–water partition coefficient (Wildman–Crippen LogP) is 0.515. The fourth-order valence-electron chi connectivity index (χ4n) is 0.502. The van der Waals surface area contributed by atoms with Crippen molar-refractivity contribution in [1.82, 2.24) is 4.31 Å². The van der Waals surface area contributed by atoms with Gasteiger partial charge in [0.15, 0.2) is 0 Å². The second-order valence-electron chi connectivity index (χ2n) is 1.97. The maximum absolute atomic E-state index is 11.0. The summed E-state index contributed by atoms with van der Waals surface area (Å²) in [4.78, 5) is 0. The van der Waals surface area contributed by atoms with E-state index in [1.54, 1.807) is 11.4 Å². The maximum atomic E-state index is 11.0. The summed E-state index contributed by atoms with van der Waals surface area (Å²) in [7, 11) is 0.736. The zero-order valence-corrected chi connectivity index (χ0v) is 7.15. The molecule has 0 aromatic rings. The van der Waals surface area contributed by atoms with Crippen molar-refractivity contribution in [3.8, 4) is 6.07 Å². The van der Waals surface area contributed by atoms with Crippen molar-refractivity contribution in [2.24, 2.45) is 0 Å². The van der Waals surface area contributed by atoms with Gasteiger partial charge in [-0.15, -0.1) is 0 Å². The van der Waals surface area contributed by atoms with Crippen molar-refractivity contribution in [3.05, 3.63) is 0 Å². The summed E-state index contributed by atoms with van der Waals surface area (Å²) in [6.07, 6.45) is 0.891. The summed E-state index contributed by atoms with van der Waals surface area (Å²) in [6.45, 7) is 2.21. The van der Waals surface area contributed by atoms with Crippen LogP contribution in [0.25, 0.3) is 0 Å². The van der Waals surface area contributed by atoms with Gasteiger partial charge in [0, 0.05) is 12.8 Å². The Kier molecular flexibility index (Phi) is 5.17. The van der Waals surface area contributed by atoms with Gasteiger partial charge in [-0.05, 0) is 6.42 Å². The predicted molar refractivity (Wildman–Crippen MR) is 41.5 cm³/mol. The topological polar surface area (TPSA) is 44.1 Å². The molecule has 1 unspecified atom stereocenters. The van der Waals surface area contributed by atoms with Gasteiger partial charge >= 0.3 is 0 Å². The molecule has 0 saturated heterocycles. The molecule has 4 heteroatoms. The fourth-order valence-corrected chi connectivity index (χ4v) is 1.36. The summed E-state index contributed by atoms with van der Waals surface area (Å²) < 4.78 is 12.6. The van der Waals surface area contributed by atoms with Crippen LogP contribution in [0.1, 0.15) is 13.3 Å². The van der Waals surface area contributed by atoms with Crippen LogP contribution in [0.5, 0.6) is 0 Å². The molecule has 0 fully saturated rings. The minimum absolute atomic E-state index is 0.243. The smallest absolute Gasteiger partial charge is 0.0981 e. The van der Waals surface area contributed by atoms with Crippen molar-refractivity contribution in [1.29, 1.82) is 5.26 Å². The van der Waals surface area contributed by atoms with E-state index in [1.165, 1.54) is 0 Å². The molecule has 3 nitrogen and oxygen atoms in total. The van der Waals surface area contributed by atoms with Gasteiger partial charge < -0.3 is 0 Å². The molecular formula is C6H12N2OS. The SMILES string of the molecule is CCCS(=O)N(C)CC#N. The minimum Gasteiger partial charge on any atom is -0.243 e. The standard InChI is InChI=1S/C6H12N2OS/c1-3-6-10(9)8(2)5-4-7/h3,5-6H2,1-2H3. The van der Waals surface area contributed by atoms with Crippen LogP contribution in [-0.4, -0.2) is 27.9 Å². The highest BCUT2D eigenvalue weighted by Gasteiger charge is 2.03. The molecule has 0 aliphatic carbocycles. The Morgan fingerprint density at radius 3 is 2.70 bits per heavy atom. The van der Waals surface area contributed by atoms with Crippen molar-refractivity contribution < 1.29 is 4.21 Å². The van der Waals surface area contributed by atoms with E-state index in [9.17, 15) is 4.21 Å². The van der Waals surface area contributed by atoms with Crippen LogP contribution < -0.4 is 0 Å². The minimum atomic E-state index is -0.954. The molecule has 0 N–H and O–H groups in total. The van der Waals surface area contributed by atoms with Crippen LogP contribution in [-0.2, 0) is 11.0 Å². The third-order valence-electron chi connectivity index (χ3n) is 1.02. The van der Waals surface area contributed by atoms with Crippen LogP contribution in [0, 0.1) is 11.3 Å². The molecule has 0 heterocycles. The molecule has 0 saturated carbocycles. The normalized spacial score (nSPS) is 13.0. The van der Waals surface area contributed by atoms with E-state index in [-0.39, 0.29) is 6.54 Å². The maximum Gasteiger partial charge on any atom is 0.0981 e. The van der Waals surface area contributed by atoms with Crippen molar-refractivity contribution in [2.75, 3.05) is 19.3 Å². The monoisotopic (exact) mass is 160 g/mol. The summed E-state index contributed by atoms with van der Waals surface area (Å²) >= 11 is 0. The zero-order chi connectivity index (χ0) is 7.98. The highest BCUT2D eigenvalue weighted by Crippen LogP contribution is 1.91. The molecule has 0 bridgehead atoms. The van der Waals surface area contributed by atoms with Crippen LogP contribution in [0.3, 0.4) is 0 Å². The van der Waals surface area contributed by atoms with Crippen molar-refractivity contribution in [3.63, 3.8) is 0 Å². The highest BCUT2D eigenvalue weighted by molar-refractivity contribution is 7.82. The first-order valence-corrected chi connectivity index (χ1v) is 4.46. The van der Waals surface area contributed by atoms with Gasteiger partial charge in [-0.25, -0.2) is 8.51 Å². The van der Waals surface area contributed by atoms with E-state index in [2.05, 4.69) is 0 Å². The molecular weight excluding hydrogens is 148 g/mol. The first-order valence-electron chi connectivity index (χ1n) is 3.19. The number of nitrogens with zero attached hydrogens (tertiary/aromatic N) is 2. The lowest BCUT2D eigenvalue weighted by molar-refractivity contribution is 0.571. The number of hydrogen-bond donors (Lipinski definition) is 0. The molecule has 0 aromatic heterocycles. The number of rotatable bonds is 4. The van der Waals surface area contributed by atoms with Gasteiger partial charge in [0.25, 0.3) is 0 Å². The van der Waals surface area contributed by atoms with E-state index in [1.807, 2.05) is 13.0 Å². The largest absolute Gasteiger partial charge is 0.243 e. The van der Waals surface area contributed by atoms with Crippen LogP contribution in [0.4, 0.5) is 0 Å². The molecule has 0 rings (SSSR count). The van der Waals surface area contributed by atoms with Gasteiger partial charge in [-0.3, -0.25) is 0 Å². The average Bonchev–Trinajstić information content (AvgIpc) is 1.89. The summed E-state index contributed by atoms with van der Waals surface area (Å²) in [5.74, 6) is 0.651. The molecule has 0 aliphatic rings. The summed E-state index contributed by atoms with van der Waals surface area (Å²) in [5.41, 5.74) is 0. The second kappa shape index (κ2) is 5.39. The van der Waals surface area contributed by atoms with E-state index >= 15 is 0 Å². The lowest BCUT2D eigenvalue weighted by atomic mass is 10.6. The highest BCUT2D eigenvalue weighted by atomic mass is 32.2. The van der Waals surface area contributed by atoms with Crippen molar-refractivity contribution >= 4 is 11.0 Å². The molecule has 0 spiro atoms. The molecule has 10 heavy (non-hydrogen) atoms. The average molecular weight is 160 g/mol. The molecule has 0 radical (unpaired) electrons. The summed E-state index contributed by atoms with van der Waals surface area (Å²) in [5, 5.41) is 8.23. The van der Waals surface area contributed by atoms with E-state index in [0.29, 0.717) is 5.75 Å². The van der Waals surface area contributed by atoms with Gasteiger partial charge in [0.2, 0.25) is 0 Å². The number of nitriles is 1. The van der Waals surface area contributed by atoms with Crippen molar-refractivity contribution in [2.45, 2.75) is 13.3 Å².